The van der Waals surface area contributed by atoms with Crippen LogP contribution in [0.5, 0.6) is 11.5 Å². The summed E-state index contributed by atoms with van der Waals surface area (Å²) in [7, 11) is 1.91. The molecular formula is C19H24FNO3. The summed E-state index contributed by atoms with van der Waals surface area (Å²) < 4.78 is 23.8. The lowest BCUT2D eigenvalue weighted by Gasteiger charge is -2.21. The average Bonchev–Trinajstić information content (AvgIpc) is 2.56. The van der Waals surface area contributed by atoms with Gasteiger partial charge >= 0.3 is 0 Å². The number of hydrogen-bond acceptors (Lipinski definition) is 4. The van der Waals surface area contributed by atoms with Gasteiger partial charge in [0.2, 0.25) is 0 Å². The fraction of sp³-hybridized carbons (Fsp3) is 0.368. The Morgan fingerprint density at radius 2 is 1.58 bits per heavy atom. The van der Waals surface area contributed by atoms with E-state index in [2.05, 4.69) is 0 Å². The number of rotatable bonds is 9. The lowest BCUT2D eigenvalue weighted by molar-refractivity contribution is 0.0743. The van der Waals surface area contributed by atoms with E-state index >= 15 is 0 Å². The normalized spacial score (nSPS) is 12.2. The molecule has 0 aliphatic carbocycles. The topological polar surface area (TPSA) is 41.9 Å². The van der Waals surface area contributed by atoms with Crippen LogP contribution in [0, 0.1) is 5.82 Å². The molecule has 0 aromatic heterocycles. The summed E-state index contributed by atoms with van der Waals surface area (Å²) in [5.74, 6) is 1.24. The molecule has 0 spiro atoms. The van der Waals surface area contributed by atoms with Crippen molar-refractivity contribution in [2.75, 3.05) is 26.8 Å². The van der Waals surface area contributed by atoms with Gasteiger partial charge in [-0.15, -0.1) is 0 Å². The van der Waals surface area contributed by atoms with Crippen molar-refractivity contribution in [3.05, 3.63) is 59.9 Å². The van der Waals surface area contributed by atoms with E-state index in [1.165, 1.54) is 12.1 Å². The molecule has 0 aliphatic rings. The average molecular weight is 333 g/mol. The van der Waals surface area contributed by atoms with E-state index in [-0.39, 0.29) is 12.4 Å². The van der Waals surface area contributed by atoms with Crippen molar-refractivity contribution in [2.24, 2.45) is 0 Å². The summed E-state index contributed by atoms with van der Waals surface area (Å²) >= 11 is 0. The Balaban J connectivity index is 1.73. The van der Waals surface area contributed by atoms with Gasteiger partial charge in [-0.2, -0.15) is 0 Å². The molecule has 4 nitrogen and oxygen atoms in total. The van der Waals surface area contributed by atoms with Gasteiger partial charge in [0.25, 0.3) is 0 Å². The maximum atomic E-state index is 12.9. The Labute approximate surface area is 142 Å². The zero-order valence-corrected chi connectivity index (χ0v) is 14.1. The molecule has 0 saturated heterocycles. The van der Waals surface area contributed by atoms with Gasteiger partial charge in [0.05, 0.1) is 6.61 Å². The molecule has 1 unspecified atom stereocenters. The van der Waals surface area contributed by atoms with Crippen LogP contribution in [0.25, 0.3) is 0 Å². The number of aliphatic hydroxyl groups excluding tert-OH is 1. The van der Waals surface area contributed by atoms with E-state index in [0.717, 1.165) is 11.3 Å². The monoisotopic (exact) mass is 333 g/mol. The molecule has 2 rings (SSSR count). The summed E-state index contributed by atoms with van der Waals surface area (Å²) in [5, 5.41) is 10.1. The first-order valence-electron chi connectivity index (χ1n) is 8.03. The number of halogens is 1. The molecule has 0 fully saturated rings. The van der Waals surface area contributed by atoms with Crippen molar-refractivity contribution in [3.63, 3.8) is 0 Å². The van der Waals surface area contributed by atoms with E-state index in [1.54, 1.807) is 12.1 Å². The molecule has 1 atom stereocenters. The van der Waals surface area contributed by atoms with Gasteiger partial charge in [-0.3, -0.25) is 4.90 Å². The second-order valence-electron chi connectivity index (χ2n) is 5.69. The molecular weight excluding hydrogens is 309 g/mol. The number of hydrogen-bond donors (Lipinski definition) is 1. The maximum Gasteiger partial charge on any atom is 0.123 e. The number of aliphatic hydroxyl groups is 1. The zero-order valence-electron chi connectivity index (χ0n) is 14.1. The predicted molar refractivity (Wildman–Crippen MR) is 91.8 cm³/mol. The lowest BCUT2D eigenvalue weighted by atomic mass is 10.2. The fourth-order valence-electron chi connectivity index (χ4n) is 2.37. The quantitative estimate of drug-likeness (QED) is 0.766. The van der Waals surface area contributed by atoms with Crippen molar-refractivity contribution in [1.29, 1.82) is 0 Å². The predicted octanol–water partition coefficient (Wildman–Crippen LogP) is 3.10. The highest BCUT2D eigenvalue weighted by Crippen LogP contribution is 2.17. The number of benzene rings is 2. The van der Waals surface area contributed by atoms with Crippen LogP contribution >= 0.6 is 0 Å². The van der Waals surface area contributed by atoms with E-state index < -0.39 is 6.10 Å². The Hall–Kier alpha value is -2.11. The van der Waals surface area contributed by atoms with E-state index in [0.29, 0.717) is 25.4 Å². The molecule has 5 heteroatoms. The molecule has 0 aliphatic heterocycles. The van der Waals surface area contributed by atoms with Crippen molar-refractivity contribution >= 4 is 0 Å². The number of likely N-dealkylation sites (N-methyl/N-ethyl adjacent to an activating group) is 1. The molecule has 0 saturated carbocycles. The summed E-state index contributed by atoms with van der Waals surface area (Å²) in [4.78, 5) is 1.97. The molecule has 0 amide bonds. The van der Waals surface area contributed by atoms with Crippen LogP contribution in [0.15, 0.2) is 48.5 Å². The standard InChI is InChI=1S/C19H24FNO3/c1-3-23-18-8-10-19(11-9-18)24-14-17(22)13-21(2)12-15-4-6-16(20)7-5-15/h4-11,17,22H,3,12-14H2,1-2H3. The highest BCUT2D eigenvalue weighted by molar-refractivity contribution is 5.31. The smallest absolute Gasteiger partial charge is 0.123 e. The van der Waals surface area contributed by atoms with Crippen LogP contribution in [0.1, 0.15) is 12.5 Å². The largest absolute Gasteiger partial charge is 0.494 e. The third-order valence-corrected chi connectivity index (χ3v) is 3.47. The second-order valence-corrected chi connectivity index (χ2v) is 5.69. The Bertz CT molecular complexity index is 601. The molecule has 24 heavy (non-hydrogen) atoms. The van der Waals surface area contributed by atoms with Crippen LogP contribution < -0.4 is 9.47 Å². The van der Waals surface area contributed by atoms with E-state index in [9.17, 15) is 9.50 Å². The Morgan fingerprint density at radius 1 is 1.00 bits per heavy atom. The van der Waals surface area contributed by atoms with Crippen LogP contribution in [0.2, 0.25) is 0 Å². The molecule has 130 valence electrons. The summed E-state index contributed by atoms with van der Waals surface area (Å²) in [6, 6.07) is 13.7. The fourth-order valence-corrected chi connectivity index (χ4v) is 2.37. The minimum atomic E-state index is -0.609. The van der Waals surface area contributed by atoms with Crippen LogP contribution in [0.3, 0.4) is 0 Å². The van der Waals surface area contributed by atoms with Crippen molar-refractivity contribution < 1.29 is 19.0 Å². The second kappa shape index (κ2) is 9.25. The molecule has 0 radical (unpaired) electrons. The van der Waals surface area contributed by atoms with Gasteiger partial charge in [0.1, 0.15) is 30.0 Å². The van der Waals surface area contributed by atoms with Gasteiger partial charge in [-0.1, -0.05) is 12.1 Å². The third-order valence-electron chi connectivity index (χ3n) is 3.47. The SMILES string of the molecule is CCOc1ccc(OCC(O)CN(C)Cc2ccc(F)cc2)cc1. The first kappa shape index (κ1) is 18.2. The first-order valence-corrected chi connectivity index (χ1v) is 8.03. The summed E-state index contributed by atoms with van der Waals surface area (Å²) in [6.45, 7) is 3.87. The van der Waals surface area contributed by atoms with Crippen LogP contribution in [0.4, 0.5) is 4.39 Å². The molecule has 0 bridgehead atoms. The molecule has 0 heterocycles. The highest BCUT2D eigenvalue weighted by Gasteiger charge is 2.10. The Morgan fingerprint density at radius 3 is 2.17 bits per heavy atom. The van der Waals surface area contributed by atoms with Gasteiger partial charge in [-0.05, 0) is 55.9 Å². The van der Waals surface area contributed by atoms with Gasteiger partial charge in [0, 0.05) is 13.1 Å². The molecule has 2 aromatic carbocycles. The summed E-state index contributed by atoms with van der Waals surface area (Å²) in [6.07, 6.45) is -0.609. The minimum absolute atomic E-state index is 0.210. The van der Waals surface area contributed by atoms with Crippen molar-refractivity contribution in [3.8, 4) is 11.5 Å². The molecule has 1 N–H and O–H groups in total. The lowest BCUT2D eigenvalue weighted by Crippen LogP contribution is -2.32. The van der Waals surface area contributed by atoms with Crippen molar-refractivity contribution in [1.82, 2.24) is 4.90 Å². The minimum Gasteiger partial charge on any atom is -0.494 e. The third kappa shape index (κ3) is 6.18. The molecule has 2 aromatic rings. The van der Waals surface area contributed by atoms with E-state index in [4.69, 9.17) is 9.47 Å². The van der Waals surface area contributed by atoms with Gasteiger partial charge in [0.15, 0.2) is 0 Å². The highest BCUT2D eigenvalue weighted by atomic mass is 19.1. The van der Waals surface area contributed by atoms with Gasteiger partial charge in [-0.25, -0.2) is 4.39 Å². The van der Waals surface area contributed by atoms with Crippen LogP contribution in [-0.2, 0) is 6.54 Å². The maximum absolute atomic E-state index is 12.9. The zero-order chi connectivity index (χ0) is 17.4. The van der Waals surface area contributed by atoms with E-state index in [1.807, 2.05) is 43.1 Å². The number of ether oxygens (including phenoxy) is 2. The van der Waals surface area contributed by atoms with Crippen LogP contribution in [-0.4, -0.2) is 42.9 Å². The Kier molecular flexibility index (Phi) is 7.03. The van der Waals surface area contributed by atoms with Gasteiger partial charge < -0.3 is 14.6 Å². The first-order chi connectivity index (χ1) is 11.6. The summed E-state index contributed by atoms with van der Waals surface area (Å²) in [5.41, 5.74) is 0.999. The number of nitrogens with zero attached hydrogens (tertiary/aromatic N) is 1. The van der Waals surface area contributed by atoms with Crippen molar-refractivity contribution in [2.45, 2.75) is 19.6 Å².